The standard InChI is InChI=1S/C13H19N5/c1-10(2)13-15-7-5-12(18-13)14-6-3-4-11-8-16-17-9-11/h5,7-10H,3-4,6H2,1-2H3,(H,16,17)(H,14,15,18). The van der Waals surface area contributed by atoms with Gasteiger partial charge in [0, 0.05) is 24.9 Å². The molecule has 0 saturated carbocycles. The highest BCUT2D eigenvalue weighted by Crippen LogP contribution is 2.11. The van der Waals surface area contributed by atoms with E-state index in [1.165, 1.54) is 5.56 Å². The van der Waals surface area contributed by atoms with E-state index in [4.69, 9.17) is 0 Å². The number of nitrogens with zero attached hydrogens (tertiary/aromatic N) is 3. The van der Waals surface area contributed by atoms with Gasteiger partial charge in [-0.05, 0) is 24.5 Å². The molecule has 0 atom stereocenters. The van der Waals surface area contributed by atoms with Gasteiger partial charge in [-0.25, -0.2) is 9.97 Å². The zero-order valence-electron chi connectivity index (χ0n) is 10.8. The minimum atomic E-state index is 0.359. The van der Waals surface area contributed by atoms with Crippen molar-refractivity contribution in [3.05, 3.63) is 36.0 Å². The van der Waals surface area contributed by atoms with Gasteiger partial charge in [-0.3, -0.25) is 5.10 Å². The summed E-state index contributed by atoms with van der Waals surface area (Å²) < 4.78 is 0. The van der Waals surface area contributed by atoms with Crippen LogP contribution in [0.15, 0.2) is 24.7 Å². The van der Waals surface area contributed by atoms with Crippen LogP contribution in [0.4, 0.5) is 5.82 Å². The largest absolute Gasteiger partial charge is 0.370 e. The van der Waals surface area contributed by atoms with Gasteiger partial charge in [0.05, 0.1) is 6.20 Å². The lowest BCUT2D eigenvalue weighted by molar-refractivity contribution is 0.771. The molecule has 0 spiro atoms. The Labute approximate surface area is 107 Å². The van der Waals surface area contributed by atoms with Crippen molar-refractivity contribution in [2.45, 2.75) is 32.6 Å². The summed E-state index contributed by atoms with van der Waals surface area (Å²) in [5, 5.41) is 10.1. The normalized spacial score (nSPS) is 10.8. The topological polar surface area (TPSA) is 66.5 Å². The number of rotatable bonds is 6. The Kier molecular flexibility index (Phi) is 4.28. The zero-order valence-corrected chi connectivity index (χ0v) is 10.8. The molecule has 2 N–H and O–H groups in total. The fourth-order valence-corrected chi connectivity index (χ4v) is 1.67. The first kappa shape index (κ1) is 12.5. The number of aromatic nitrogens is 4. The fraction of sp³-hybridized carbons (Fsp3) is 0.462. The fourth-order valence-electron chi connectivity index (χ4n) is 1.67. The summed E-state index contributed by atoms with van der Waals surface area (Å²) in [6, 6.07) is 1.91. The molecule has 96 valence electrons. The van der Waals surface area contributed by atoms with Crippen molar-refractivity contribution in [2.24, 2.45) is 0 Å². The van der Waals surface area contributed by atoms with Crippen LogP contribution < -0.4 is 5.32 Å². The second kappa shape index (κ2) is 6.14. The van der Waals surface area contributed by atoms with Gasteiger partial charge in [0.25, 0.3) is 0 Å². The Morgan fingerprint density at radius 1 is 1.39 bits per heavy atom. The Hall–Kier alpha value is -1.91. The lowest BCUT2D eigenvalue weighted by atomic mass is 10.2. The molecule has 0 saturated heterocycles. The summed E-state index contributed by atoms with van der Waals surface area (Å²) in [5.74, 6) is 2.15. The van der Waals surface area contributed by atoms with Gasteiger partial charge < -0.3 is 5.32 Å². The predicted octanol–water partition coefficient (Wildman–Crippen LogP) is 2.37. The number of hydrogen-bond donors (Lipinski definition) is 2. The van der Waals surface area contributed by atoms with E-state index < -0.39 is 0 Å². The van der Waals surface area contributed by atoms with Crippen LogP contribution in [-0.2, 0) is 6.42 Å². The smallest absolute Gasteiger partial charge is 0.133 e. The van der Waals surface area contributed by atoms with Gasteiger partial charge in [-0.1, -0.05) is 13.8 Å². The zero-order chi connectivity index (χ0) is 12.8. The molecule has 0 bridgehead atoms. The average Bonchev–Trinajstić information content (AvgIpc) is 2.88. The molecule has 2 heterocycles. The summed E-state index contributed by atoms with van der Waals surface area (Å²) in [5.41, 5.74) is 1.24. The Balaban J connectivity index is 1.78. The SMILES string of the molecule is CC(C)c1nccc(NCCCc2cn[nH]c2)n1. The van der Waals surface area contributed by atoms with Crippen LogP contribution in [0.3, 0.4) is 0 Å². The van der Waals surface area contributed by atoms with E-state index in [1.54, 1.807) is 6.20 Å². The van der Waals surface area contributed by atoms with Gasteiger partial charge in [-0.15, -0.1) is 0 Å². The van der Waals surface area contributed by atoms with Crippen LogP contribution in [0.1, 0.15) is 37.6 Å². The number of nitrogens with one attached hydrogen (secondary N) is 2. The highest BCUT2D eigenvalue weighted by Gasteiger charge is 2.03. The molecule has 0 fully saturated rings. The minimum Gasteiger partial charge on any atom is -0.370 e. The van der Waals surface area contributed by atoms with Gasteiger partial charge in [0.15, 0.2) is 0 Å². The van der Waals surface area contributed by atoms with E-state index in [-0.39, 0.29) is 0 Å². The van der Waals surface area contributed by atoms with Crippen LogP contribution in [0.25, 0.3) is 0 Å². The van der Waals surface area contributed by atoms with Crippen molar-refractivity contribution in [1.29, 1.82) is 0 Å². The molecule has 5 heteroatoms. The molecule has 0 aliphatic heterocycles. The third-order valence-corrected chi connectivity index (χ3v) is 2.69. The highest BCUT2D eigenvalue weighted by molar-refractivity contribution is 5.33. The summed E-state index contributed by atoms with van der Waals surface area (Å²) in [6.07, 6.45) is 7.68. The average molecular weight is 245 g/mol. The summed E-state index contributed by atoms with van der Waals surface area (Å²) in [6.45, 7) is 5.09. The van der Waals surface area contributed by atoms with Crippen molar-refractivity contribution in [2.75, 3.05) is 11.9 Å². The van der Waals surface area contributed by atoms with Crippen molar-refractivity contribution in [1.82, 2.24) is 20.2 Å². The van der Waals surface area contributed by atoms with Crippen molar-refractivity contribution in [3.63, 3.8) is 0 Å². The number of H-pyrrole nitrogens is 1. The minimum absolute atomic E-state index is 0.359. The van der Waals surface area contributed by atoms with E-state index in [2.05, 4.69) is 39.3 Å². The maximum atomic E-state index is 4.47. The van der Waals surface area contributed by atoms with Gasteiger partial charge in [0.1, 0.15) is 11.6 Å². The highest BCUT2D eigenvalue weighted by atomic mass is 15.1. The van der Waals surface area contributed by atoms with Crippen LogP contribution in [-0.4, -0.2) is 26.7 Å². The first-order valence-corrected chi connectivity index (χ1v) is 6.30. The Bertz CT molecular complexity index is 464. The number of aryl methyl sites for hydroxylation is 1. The molecular weight excluding hydrogens is 226 g/mol. The van der Waals surface area contributed by atoms with Crippen LogP contribution >= 0.6 is 0 Å². The Morgan fingerprint density at radius 3 is 3.00 bits per heavy atom. The van der Waals surface area contributed by atoms with E-state index >= 15 is 0 Å². The van der Waals surface area contributed by atoms with Crippen LogP contribution in [0.5, 0.6) is 0 Å². The number of anilines is 1. The first-order valence-electron chi connectivity index (χ1n) is 6.30. The van der Waals surface area contributed by atoms with E-state index in [1.807, 2.05) is 18.5 Å². The van der Waals surface area contributed by atoms with E-state index in [9.17, 15) is 0 Å². The molecule has 2 rings (SSSR count). The van der Waals surface area contributed by atoms with E-state index in [0.29, 0.717) is 5.92 Å². The predicted molar refractivity (Wildman–Crippen MR) is 71.5 cm³/mol. The lowest BCUT2D eigenvalue weighted by Crippen LogP contribution is -2.07. The lowest BCUT2D eigenvalue weighted by Gasteiger charge is -2.08. The molecule has 0 radical (unpaired) electrons. The molecule has 18 heavy (non-hydrogen) atoms. The second-order valence-electron chi connectivity index (χ2n) is 4.59. The van der Waals surface area contributed by atoms with Gasteiger partial charge >= 0.3 is 0 Å². The van der Waals surface area contributed by atoms with Gasteiger partial charge in [-0.2, -0.15) is 5.10 Å². The molecule has 2 aromatic rings. The third kappa shape index (κ3) is 3.55. The van der Waals surface area contributed by atoms with Crippen molar-refractivity contribution in [3.8, 4) is 0 Å². The molecule has 0 aliphatic rings. The second-order valence-corrected chi connectivity index (χ2v) is 4.59. The first-order chi connectivity index (χ1) is 8.75. The molecule has 2 aromatic heterocycles. The number of hydrogen-bond acceptors (Lipinski definition) is 4. The molecule has 0 aromatic carbocycles. The summed E-state index contributed by atoms with van der Waals surface area (Å²) in [4.78, 5) is 8.71. The molecule has 0 amide bonds. The Morgan fingerprint density at radius 2 is 2.28 bits per heavy atom. The maximum absolute atomic E-state index is 4.47. The summed E-state index contributed by atoms with van der Waals surface area (Å²) in [7, 11) is 0. The monoisotopic (exact) mass is 245 g/mol. The molecule has 0 aliphatic carbocycles. The van der Waals surface area contributed by atoms with Gasteiger partial charge in [0.2, 0.25) is 0 Å². The summed E-state index contributed by atoms with van der Waals surface area (Å²) >= 11 is 0. The number of aromatic amines is 1. The quantitative estimate of drug-likeness (QED) is 0.767. The van der Waals surface area contributed by atoms with E-state index in [0.717, 1.165) is 31.0 Å². The maximum Gasteiger partial charge on any atom is 0.133 e. The molecule has 5 nitrogen and oxygen atoms in total. The molecular formula is C13H19N5. The van der Waals surface area contributed by atoms with Crippen LogP contribution in [0, 0.1) is 0 Å². The van der Waals surface area contributed by atoms with Crippen molar-refractivity contribution < 1.29 is 0 Å². The molecule has 0 unspecified atom stereocenters. The van der Waals surface area contributed by atoms with Crippen LogP contribution in [0.2, 0.25) is 0 Å². The van der Waals surface area contributed by atoms with Crippen molar-refractivity contribution >= 4 is 5.82 Å². The third-order valence-electron chi connectivity index (χ3n) is 2.69.